The maximum absolute atomic E-state index is 12.5. The minimum absolute atomic E-state index is 0.274. The lowest BCUT2D eigenvalue weighted by Gasteiger charge is -2.27. The molecule has 0 aliphatic heterocycles. The molecule has 0 saturated heterocycles. The summed E-state index contributed by atoms with van der Waals surface area (Å²) in [6, 6.07) is 20.8. The van der Waals surface area contributed by atoms with Gasteiger partial charge in [0.05, 0.1) is 0 Å². The molecule has 2 rings (SSSR count). The molecule has 0 spiro atoms. The van der Waals surface area contributed by atoms with E-state index < -0.39 is 5.60 Å². The summed E-state index contributed by atoms with van der Waals surface area (Å²) in [5, 5.41) is 0. The Morgan fingerprint density at radius 2 is 1.70 bits per heavy atom. The first-order valence-corrected chi connectivity index (χ1v) is 7.91. The topological polar surface area (TPSA) is 29.5 Å². The maximum atomic E-state index is 12.5. The molecule has 1 amide bonds. The third-order valence-corrected chi connectivity index (χ3v) is 3.33. The molecule has 0 fully saturated rings. The first-order chi connectivity index (χ1) is 10.9. The van der Waals surface area contributed by atoms with Gasteiger partial charge in [-0.3, -0.25) is 0 Å². The van der Waals surface area contributed by atoms with Gasteiger partial charge in [0.2, 0.25) is 0 Å². The summed E-state index contributed by atoms with van der Waals surface area (Å²) in [6.07, 6.45) is 0.518. The molecule has 0 bridgehead atoms. The minimum Gasteiger partial charge on any atom is -0.444 e. The van der Waals surface area contributed by atoms with E-state index in [4.69, 9.17) is 4.74 Å². The number of rotatable bonds is 5. The van der Waals surface area contributed by atoms with E-state index in [1.54, 1.807) is 4.90 Å². The predicted molar refractivity (Wildman–Crippen MR) is 92.1 cm³/mol. The second-order valence-electron chi connectivity index (χ2n) is 6.55. The van der Waals surface area contributed by atoms with Crippen LogP contribution >= 0.6 is 0 Å². The molecule has 0 unspecified atom stereocenters. The molecule has 2 aromatic carbocycles. The van der Waals surface area contributed by atoms with Gasteiger partial charge in [-0.1, -0.05) is 54.6 Å². The van der Waals surface area contributed by atoms with E-state index in [1.165, 1.54) is 5.56 Å². The molecular weight excluding hydrogens is 286 g/mol. The van der Waals surface area contributed by atoms with Crippen molar-refractivity contribution in [2.45, 2.75) is 39.3 Å². The van der Waals surface area contributed by atoms with Crippen molar-refractivity contribution < 1.29 is 9.53 Å². The zero-order valence-corrected chi connectivity index (χ0v) is 14.1. The van der Waals surface area contributed by atoms with Crippen molar-refractivity contribution in [1.29, 1.82) is 0 Å². The summed E-state index contributed by atoms with van der Waals surface area (Å²) in [6.45, 7) is 6.83. The Kier molecular flexibility index (Phi) is 5.80. The molecule has 0 N–H and O–H groups in total. The summed E-state index contributed by atoms with van der Waals surface area (Å²) in [4.78, 5) is 14.2. The highest BCUT2D eigenvalue weighted by Gasteiger charge is 2.22. The number of nitrogens with zero attached hydrogens (tertiary/aromatic N) is 1. The number of hydrogen-bond donors (Lipinski definition) is 0. The molecule has 0 atom stereocenters. The van der Waals surface area contributed by atoms with Crippen molar-refractivity contribution in [3.63, 3.8) is 0 Å². The number of ether oxygens (including phenoxy) is 1. The van der Waals surface area contributed by atoms with Gasteiger partial charge in [-0.25, -0.2) is 4.79 Å². The molecule has 0 aliphatic carbocycles. The molecule has 0 aromatic heterocycles. The lowest BCUT2D eigenvalue weighted by Crippen LogP contribution is -2.37. The fraction of sp³-hybridized carbons (Fsp3) is 0.350. The van der Waals surface area contributed by atoms with Gasteiger partial charge in [-0.2, -0.15) is 0 Å². The monoisotopic (exact) mass is 310 g/mol. The van der Waals surface area contributed by atoms with Crippen LogP contribution in [-0.2, 0) is 17.7 Å². The van der Waals surface area contributed by atoms with Gasteiger partial charge in [0.25, 0.3) is 0 Å². The highest BCUT2D eigenvalue weighted by molar-refractivity contribution is 5.68. The molecule has 0 heterocycles. The molecule has 0 aliphatic rings. The Labute approximate surface area is 138 Å². The number of carbonyl (C=O) groups is 1. The van der Waals surface area contributed by atoms with Crippen LogP contribution in [0.25, 0.3) is 0 Å². The van der Waals surface area contributed by atoms with Crippen LogP contribution in [0.4, 0.5) is 4.79 Å². The standard InChI is InChI=1S/C20H24NO2/c1-20(2,3)23-19(22)21(16-18-12-8-5-9-13-18)15-14-17-10-6-4-7-11-17/h5-13H,14-16H2,1-3H3. The van der Waals surface area contributed by atoms with Crippen molar-refractivity contribution >= 4 is 6.09 Å². The fourth-order valence-corrected chi connectivity index (χ4v) is 2.22. The molecular formula is C20H24NO2. The van der Waals surface area contributed by atoms with Crippen LogP contribution in [0.3, 0.4) is 0 Å². The lowest BCUT2D eigenvalue weighted by atomic mass is 10.1. The molecule has 0 saturated carbocycles. The quantitative estimate of drug-likeness (QED) is 0.815. The van der Waals surface area contributed by atoms with E-state index in [1.807, 2.05) is 75.4 Å². The smallest absolute Gasteiger partial charge is 0.410 e. The van der Waals surface area contributed by atoms with Gasteiger partial charge in [0, 0.05) is 13.1 Å². The SMILES string of the molecule is CC(C)(C)OC(=O)N(CCc1cc[c]cc1)Cc1ccccc1. The molecule has 23 heavy (non-hydrogen) atoms. The largest absolute Gasteiger partial charge is 0.444 e. The zero-order valence-electron chi connectivity index (χ0n) is 14.1. The van der Waals surface area contributed by atoms with E-state index in [2.05, 4.69) is 6.07 Å². The van der Waals surface area contributed by atoms with E-state index in [0.717, 1.165) is 12.0 Å². The van der Waals surface area contributed by atoms with Gasteiger partial charge in [-0.15, -0.1) is 0 Å². The Balaban J connectivity index is 2.05. The van der Waals surface area contributed by atoms with E-state index in [0.29, 0.717) is 13.1 Å². The first kappa shape index (κ1) is 17.1. The number of amides is 1. The van der Waals surface area contributed by atoms with Crippen molar-refractivity contribution in [1.82, 2.24) is 4.90 Å². The van der Waals surface area contributed by atoms with Gasteiger partial charge >= 0.3 is 6.09 Å². The average molecular weight is 310 g/mol. The Bertz CT molecular complexity index is 603. The first-order valence-electron chi connectivity index (χ1n) is 7.91. The minimum atomic E-state index is -0.492. The van der Waals surface area contributed by atoms with Crippen LogP contribution in [0.1, 0.15) is 31.9 Å². The molecule has 121 valence electrons. The number of hydrogen-bond acceptors (Lipinski definition) is 2. The second-order valence-corrected chi connectivity index (χ2v) is 6.55. The van der Waals surface area contributed by atoms with Crippen molar-refractivity contribution in [3.05, 3.63) is 71.8 Å². The predicted octanol–water partition coefficient (Wildman–Crippen LogP) is 4.47. The highest BCUT2D eigenvalue weighted by Crippen LogP contribution is 2.13. The summed E-state index contributed by atoms with van der Waals surface area (Å²) in [5.74, 6) is 0. The van der Waals surface area contributed by atoms with Crippen LogP contribution in [0.15, 0.2) is 54.6 Å². The van der Waals surface area contributed by atoms with Crippen LogP contribution in [0.5, 0.6) is 0 Å². The number of carbonyl (C=O) groups excluding carboxylic acids is 1. The Hall–Kier alpha value is -2.29. The maximum Gasteiger partial charge on any atom is 0.410 e. The van der Waals surface area contributed by atoms with Gasteiger partial charge < -0.3 is 9.64 Å². The molecule has 1 radical (unpaired) electrons. The van der Waals surface area contributed by atoms with Crippen molar-refractivity contribution in [2.75, 3.05) is 6.54 Å². The van der Waals surface area contributed by atoms with Gasteiger partial charge in [0.1, 0.15) is 5.60 Å². The van der Waals surface area contributed by atoms with Crippen LogP contribution in [0, 0.1) is 6.07 Å². The summed E-state index contributed by atoms with van der Waals surface area (Å²) >= 11 is 0. The second kappa shape index (κ2) is 7.82. The molecule has 3 nitrogen and oxygen atoms in total. The highest BCUT2D eigenvalue weighted by atomic mass is 16.6. The summed E-state index contributed by atoms with van der Waals surface area (Å²) < 4.78 is 5.54. The van der Waals surface area contributed by atoms with Crippen LogP contribution in [-0.4, -0.2) is 23.1 Å². The average Bonchev–Trinajstić information content (AvgIpc) is 2.51. The van der Waals surface area contributed by atoms with Gasteiger partial charge in [-0.05, 0) is 44.4 Å². The normalized spacial score (nSPS) is 11.1. The molecule has 3 heteroatoms. The fourth-order valence-electron chi connectivity index (χ4n) is 2.22. The van der Waals surface area contributed by atoms with Crippen LogP contribution in [0.2, 0.25) is 0 Å². The third-order valence-electron chi connectivity index (χ3n) is 3.33. The third kappa shape index (κ3) is 6.15. The zero-order chi connectivity index (χ0) is 16.7. The molecule has 2 aromatic rings. The van der Waals surface area contributed by atoms with E-state index >= 15 is 0 Å². The van der Waals surface area contributed by atoms with Crippen molar-refractivity contribution in [2.24, 2.45) is 0 Å². The summed E-state index contributed by atoms with van der Waals surface area (Å²) in [5.41, 5.74) is 1.79. The lowest BCUT2D eigenvalue weighted by molar-refractivity contribution is 0.0236. The van der Waals surface area contributed by atoms with E-state index in [9.17, 15) is 4.79 Å². The van der Waals surface area contributed by atoms with Crippen LogP contribution < -0.4 is 0 Å². The van der Waals surface area contributed by atoms with Crippen molar-refractivity contribution in [3.8, 4) is 0 Å². The Morgan fingerprint density at radius 3 is 2.30 bits per heavy atom. The Morgan fingerprint density at radius 1 is 1.04 bits per heavy atom. The van der Waals surface area contributed by atoms with E-state index in [-0.39, 0.29) is 6.09 Å². The van der Waals surface area contributed by atoms with Gasteiger partial charge in [0.15, 0.2) is 0 Å². The summed E-state index contributed by atoms with van der Waals surface area (Å²) in [7, 11) is 0. The number of benzene rings is 2.